The highest BCUT2D eigenvalue weighted by molar-refractivity contribution is 7.66. The van der Waals surface area contributed by atoms with Crippen molar-refractivity contribution in [1.29, 1.82) is 0 Å². The molecule has 9 aliphatic carbocycles. The molecule has 0 aromatic heterocycles. The summed E-state index contributed by atoms with van der Waals surface area (Å²) in [6.45, 7) is 14.6. The molecule has 3 heteroatoms. The minimum absolute atomic E-state index is 0.354. The summed E-state index contributed by atoms with van der Waals surface area (Å²) in [6.07, 6.45) is 19.0. The lowest BCUT2D eigenvalue weighted by Gasteiger charge is -2.68. The van der Waals surface area contributed by atoms with Gasteiger partial charge in [0.2, 0.25) is 0 Å². The summed E-state index contributed by atoms with van der Waals surface area (Å²) in [5, 5.41) is 2.63. The molecule has 8 fully saturated rings. The lowest BCUT2D eigenvalue weighted by Crippen LogP contribution is -2.57. The third-order valence-electron chi connectivity index (χ3n) is 14.9. The molecule has 10 rings (SSSR count). The second kappa shape index (κ2) is 11.5. The van der Waals surface area contributed by atoms with Crippen LogP contribution in [0.1, 0.15) is 142 Å². The number of hydrogen-bond acceptors (Lipinski definition) is 2. The van der Waals surface area contributed by atoms with Gasteiger partial charge in [-0.05, 0) is 157 Å². The van der Waals surface area contributed by atoms with Gasteiger partial charge in [-0.15, -0.1) is 0 Å². The highest BCUT2D eigenvalue weighted by Gasteiger charge is 2.65. The second-order valence-electron chi connectivity index (χ2n) is 18.7. The van der Waals surface area contributed by atoms with Crippen LogP contribution in [0.2, 0.25) is 0 Å². The Labute approximate surface area is 282 Å². The second-order valence-corrected chi connectivity index (χ2v) is 21.7. The third-order valence-corrected chi connectivity index (χ3v) is 18.7. The van der Waals surface area contributed by atoms with Gasteiger partial charge in [-0.1, -0.05) is 73.7 Å². The van der Waals surface area contributed by atoms with Crippen molar-refractivity contribution in [2.24, 2.45) is 47.3 Å². The maximum atomic E-state index is 7.10. The fourth-order valence-corrected chi connectivity index (χ4v) is 19.5. The molecule has 8 saturated carbocycles. The van der Waals surface area contributed by atoms with Crippen LogP contribution in [0.5, 0.6) is 0 Å². The molecular formula is C43H63O2P. The Morgan fingerprint density at radius 2 is 1.11 bits per heavy atom. The number of benzene rings is 1. The minimum Gasteiger partial charge on any atom is -0.496 e. The Hall–Kier alpha value is -1.11. The molecule has 0 amide bonds. The molecule has 2 nitrogen and oxygen atoms in total. The number of rotatable bonds is 9. The molecule has 46 heavy (non-hydrogen) atoms. The van der Waals surface area contributed by atoms with Crippen molar-refractivity contribution < 1.29 is 9.47 Å². The third kappa shape index (κ3) is 4.75. The molecule has 0 spiro atoms. The monoisotopic (exact) mass is 642 g/mol. The molecule has 1 aromatic carbocycles. The molecule has 0 radical (unpaired) electrons. The van der Waals surface area contributed by atoms with Gasteiger partial charge >= 0.3 is 0 Å². The van der Waals surface area contributed by atoms with E-state index in [0.717, 1.165) is 41.9 Å². The molecule has 8 bridgehead atoms. The highest BCUT2D eigenvalue weighted by Crippen LogP contribution is 2.83. The van der Waals surface area contributed by atoms with Crippen LogP contribution in [0.25, 0.3) is 5.57 Å². The smallest absolute Gasteiger partial charge is 0.126 e. The molecule has 1 atom stereocenters. The highest BCUT2D eigenvalue weighted by atomic mass is 31.1. The topological polar surface area (TPSA) is 18.5 Å². The molecule has 0 aliphatic heterocycles. The largest absolute Gasteiger partial charge is 0.496 e. The average Bonchev–Trinajstić information content (AvgIpc) is 2.98. The van der Waals surface area contributed by atoms with E-state index >= 15 is 0 Å². The van der Waals surface area contributed by atoms with Crippen molar-refractivity contribution >= 4 is 13.5 Å². The SMILES string of the molecule is COC1=C(C(C)C)CC(OC)(C(C)C)C(c2ccccc2C(C)C)=C1P(C12CC3CC(CC(C3)C1)C2)C12CC3CC(CC(C3)C1)C2. The summed E-state index contributed by atoms with van der Waals surface area (Å²) >= 11 is 0. The van der Waals surface area contributed by atoms with Crippen LogP contribution in [-0.4, -0.2) is 30.1 Å². The van der Waals surface area contributed by atoms with E-state index in [-0.39, 0.29) is 5.60 Å². The first-order valence-corrected chi connectivity index (χ1v) is 20.8. The van der Waals surface area contributed by atoms with Crippen LogP contribution in [0.4, 0.5) is 0 Å². The first kappa shape index (κ1) is 32.1. The summed E-state index contributed by atoms with van der Waals surface area (Å²) in [5.41, 5.74) is 5.70. The lowest BCUT2D eigenvalue weighted by atomic mass is 9.55. The van der Waals surface area contributed by atoms with E-state index in [1.165, 1.54) is 99.5 Å². The summed E-state index contributed by atoms with van der Waals surface area (Å²) < 4.78 is 14.0. The van der Waals surface area contributed by atoms with Crippen LogP contribution < -0.4 is 0 Å². The van der Waals surface area contributed by atoms with E-state index in [1.807, 2.05) is 14.2 Å². The maximum absolute atomic E-state index is 7.10. The molecule has 9 aliphatic rings. The quantitative estimate of drug-likeness (QED) is 0.250. The van der Waals surface area contributed by atoms with E-state index in [9.17, 15) is 0 Å². The van der Waals surface area contributed by atoms with Crippen molar-refractivity contribution in [3.8, 4) is 0 Å². The molecule has 1 unspecified atom stereocenters. The molecule has 0 saturated heterocycles. The van der Waals surface area contributed by atoms with Gasteiger partial charge in [-0.2, -0.15) is 0 Å². The van der Waals surface area contributed by atoms with E-state index in [2.05, 4.69) is 65.8 Å². The van der Waals surface area contributed by atoms with Gasteiger partial charge < -0.3 is 9.47 Å². The fraction of sp³-hybridized carbons (Fsp3) is 0.767. The Morgan fingerprint density at radius 3 is 1.48 bits per heavy atom. The Balaban J connectivity index is 1.49. The predicted octanol–water partition coefficient (Wildman–Crippen LogP) is 11.9. The van der Waals surface area contributed by atoms with Gasteiger partial charge in [0, 0.05) is 24.4 Å². The first-order chi connectivity index (χ1) is 22.0. The Bertz CT molecular complexity index is 1300. The van der Waals surface area contributed by atoms with Gasteiger partial charge in [0.1, 0.15) is 11.4 Å². The van der Waals surface area contributed by atoms with E-state index < -0.39 is 7.92 Å². The summed E-state index contributed by atoms with van der Waals surface area (Å²) in [7, 11) is 3.59. The normalized spacial score (nSPS) is 41.9. The van der Waals surface area contributed by atoms with Gasteiger partial charge in [0.15, 0.2) is 0 Å². The summed E-state index contributed by atoms with van der Waals surface area (Å²) in [5.74, 6) is 8.30. The van der Waals surface area contributed by atoms with Gasteiger partial charge in [0.25, 0.3) is 0 Å². The van der Waals surface area contributed by atoms with Crippen molar-refractivity contribution in [2.45, 2.75) is 147 Å². The van der Waals surface area contributed by atoms with Gasteiger partial charge in [-0.25, -0.2) is 0 Å². The van der Waals surface area contributed by atoms with E-state index in [1.54, 1.807) is 10.9 Å². The van der Waals surface area contributed by atoms with Crippen molar-refractivity contribution in [2.75, 3.05) is 14.2 Å². The lowest BCUT2D eigenvalue weighted by molar-refractivity contribution is -0.00154. The van der Waals surface area contributed by atoms with Crippen LogP contribution in [0.3, 0.4) is 0 Å². The summed E-state index contributed by atoms with van der Waals surface area (Å²) in [4.78, 5) is 0. The van der Waals surface area contributed by atoms with Gasteiger partial charge in [-0.3, -0.25) is 0 Å². The van der Waals surface area contributed by atoms with Crippen molar-refractivity contribution in [3.05, 3.63) is 52.0 Å². The molecule has 0 N–H and O–H groups in total. The predicted molar refractivity (Wildman–Crippen MR) is 194 cm³/mol. The Kier molecular flexibility index (Phi) is 8.01. The average molecular weight is 643 g/mol. The zero-order valence-electron chi connectivity index (χ0n) is 30.5. The van der Waals surface area contributed by atoms with Crippen LogP contribution in [-0.2, 0) is 9.47 Å². The zero-order valence-corrected chi connectivity index (χ0v) is 31.4. The molecule has 0 heterocycles. The van der Waals surface area contributed by atoms with Gasteiger partial charge in [0.05, 0.1) is 7.11 Å². The minimum atomic E-state index is -0.490. The molecule has 1 aromatic rings. The fourth-order valence-electron chi connectivity index (χ4n) is 14.0. The van der Waals surface area contributed by atoms with E-state index in [4.69, 9.17) is 9.47 Å². The number of methoxy groups -OCH3 is 2. The molecular weight excluding hydrogens is 579 g/mol. The van der Waals surface area contributed by atoms with Crippen LogP contribution in [0, 0.1) is 47.3 Å². The van der Waals surface area contributed by atoms with Crippen LogP contribution >= 0.6 is 7.92 Å². The van der Waals surface area contributed by atoms with Crippen molar-refractivity contribution in [3.63, 3.8) is 0 Å². The maximum Gasteiger partial charge on any atom is 0.126 e. The van der Waals surface area contributed by atoms with Crippen LogP contribution in [0.15, 0.2) is 40.9 Å². The van der Waals surface area contributed by atoms with E-state index in [0.29, 0.717) is 28.1 Å². The summed E-state index contributed by atoms with van der Waals surface area (Å²) in [6, 6.07) is 9.51. The standard InChI is InChI=1S/C43H63O2P/c1-26(2)35-11-9-10-12-36(35)38-40(39(44-7)37(27(3)4)25-43(38,45-8)28(5)6)46(41-19-29-13-30(20-41)15-31(14-29)21-41)42-22-32-16-33(23-42)18-34(17-32)24-42/h9-12,26-34H,13-25H2,1-8H3. The van der Waals surface area contributed by atoms with Crippen molar-refractivity contribution in [1.82, 2.24) is 0 Å². The first-order valence-electron chi connectivity index (χ1n) is 19.5. The number of ether oxygens (including phenoxy) is 2. The number of hydrogen-bond donors (Lipinski definition) is 0. The Morgan fingerprint density at radius 1 is 0.652 bits per heavy atom. The zero-order chi connectivity index (χ0) is 32.2. The molecule has 252 valence electrons. The number of allylic oxidation sites excluding steroid dienone is 1.